The number of para-hydroxylation sites is 1. The van der Waals surface area contributed by atoms with E-state index in [2.05, 4.69) is 12.2 Å². The van der Waals surface area contributed by atoms with Gasteiger partial charge in [-0.1, -0.05) is 25.5 Å². The van der Waals surface area contributed by atoms with Crippen molar-refractivity contribution in [2.24, 2.45) is 16.8 Å². The van der Waals surface area contributed by atoms with Crippen molar-refractivity contribution in [2.75, 3.05) is 18.4 Å². The van der Waals surface area contributed by atoms with Gasteiger partial charge in [0.15, 0.2) is 0 Å². The Morgan fingerprint density at radius 2 is 1.95 bits per heavy atom. The number of anilines is 1. The molecule has 0 radical (unpaired) electrons. The quantitative estimate of drug-likeness (QED) is 0.674. The summed E-state index contributed by atoms with van der Waals surface area (Å²) >= 11 is 0. The second-order valence-corrected chi connectivity index (χ2v) is 6.18. The molecule has 0 fully saturated rings. The van der Waals surface area contributed by atoms with Crippen molar-refractivity contribution in [3.8, 4) is 0 Å². The molecule has 0 aliphatic heterocycles. The molecule has 0 saturated carbocycles. The number of nitrogens with two attached hydrogens (primary N) is 2. The Morgan fingerprint density at radius 3 is 2.53 bits per heavy atom. The first-order valence-corrected chi connectivity index (χ1v) is 8.09. The van der Waals surface area contributed by atoms with Crippen molar-refractivity contribution >= 4 is 15.7 Å². The minimum absolute atomic E-state index is 0.137. The highest BCUT2D eigenvalue weighted by molar-refractivity contribution is 7.89. The number of nitrogens with one attached hydrogen (secondary N) is 1. The smallest absolute Gasteiger partial charge is 0.240 e. The molecular formula is C13H23N3O2S. The van der Waals surface area contributed by atoms with Crippen LogP contribution in [0.25, 0.3) is 0 Å². The van der Waals surface area contributed by atoms with Gasteiger partial charge in [0.1, 0.15) is 4.90 Å². The average Bonchev–Trinajstić information content (AvgIpc) is 2.36. The summed E-state index contributed by atoms with van der Waals surface area (Å²) < 4.78 is 22.9. The van der Waals surface area contributed by atoms with Gasteiger partial charge in [-0.3, -0.25) is 0 Å². The van der Waals surface area contributed by atoms with Gasteiger partial charge in [0.25, 0.3) is 0 Å². The highest BCUT2D eigenvalue weighted by atomic mass is 32.2. The first-order chi connectivity index (χ1) is 8.99. The van der Waals surface area contributed by atoms with E-state index in [4.69, 9.17) is 10.9 Å². The Bertz CT molecular complexity index is 482. The zero-order valence-electron chi connectivity index (χ0n) is 11.3. The molecule has 1 atom stereocenters. The molecule has 1 aromatic carbocycles. The fraction of sp³-hybridized carbons (Fsp3) is 0.538. The summed E-state index contributed by atoms with van der Waals surface area (Å²) in [6.07, 6.45) is 3.09. The molecule has 1 unspecified atom stereocenters. The van der Waals surface area contributed by atoms with Gasteiger partial charge in [-0.25, -0.2) is 13.6 Å². The number of benzene rings is 1. The van der Waals surface area contributed by atoms with E-state index in [0.717, 1.165) is 19.3 Å². The number of primary sulfonamides is 1. The van der Waals surface area contributed by atoms with Gasteiger partial charge in [-0.05, 0) is 37.4 Å². The van der Waals surface area contributed by atoms with Gasteiger partial charge < -0.3 is 11.1 Å². The normalized spacial score (nSPS) is 13.2. The molecule has 19 heavy (non-hydrogen) atoms. The standard InChI is InChI=1S/C13H23N3O2S/c1-2-5-11(8-9-14)10-16-12-6-3-4-7-13(12)19(15,17)18/h3-4,6-7,11,16H,2,5,8-10,14H2,1H3,(H2,15,17,18). The molecule has 0 aliphatic rings. The average molecular weight is 285 g/mol. The number of hydrogen-bond acceptors (Lipinski definition) is 4. The molecule has 5 N–H and O–H groups in total. The van der Waals surface area contributed by atoms with Crippen LogP contribution in [-0.2, 0) is 10.0 Å². The molecule has 108 valence electrons. The van der Waals surface area contributed by atoms with E-state index in [1.54, 1.807) is 18.2 Å². The molecule has 0 heterocycles. The van der Waals surface area contributed by atoms with Crippen LogP contribution in [0.4, 0.5) is 5.69 Å². The van der Waals surface area contributed by atoms with Crippen LogP contribution >= 0.6 is 0 Å². The number of hydrogen-bond donors (Lipinski definition) is 3. The lowest BCUT2D eigenvalue weighted by molar-refractivity contribution is 0.473. The van der Waals surface area contributed by atoms with Gasteiger partial charge in [-0.15, -0.1) is 0 Å². The third-order valence-corrected chi connectivity index (χ3v) is 4.02. The van der Waals surface area contributed by atoms with Gasteiger partial charge in [0, 0.05) is 6.54 Å². The van der Waals surface area contributed by atoms with E-state index in [0.29, 0.717) is 24.7 Å². The van der Waals surface area contributed by atoms with Crippen LogP contribution in [0.1, 0.15) is 26.2 Å². The summed E-state index contributed by atoms with van der Waals surface area (Å²) in [5.74, 6) is 0.448. The van der Waals surface area contributed by atoms with Crippen molar-refractivity contribution in [2.45, 2.75) is 31.1 Å². The van der Waals surface area contributed by atoms with Gasteiger partial charge in [-0.2, -0.15) is 0 Å². The summed E-state index contributed by atoms with van der Waals surface area (Å²) in [6, 6.07) is 6.68. The van der Waals surface area contributed by atoms with Crippen LogP contribution < -0.4 is 16.2 Å². The van der Waals surface area contributed by atoms with E-state index in [9.17, 15) is 8.42 Å². The molecule has 0 bridgehead atoms. The van der Waals surface area contributed by atoms with E-state index in [1.165, 1.54) is 6.07 Å². The van der Waals surface area contributed by atoms with Gasteiger partial charge >= 0.3 is 0 Å². The molecule has 0 amide bonds. The maximum Gasteiger partial charge on any atom is 0.240 e. The fourth-order valence-corrected chi connectivity index (χ4v) is 2.82. The minimum atomic E-state index is -3.69. The summed E-state index contributed by atoms with van der Waals surface area (Å²) in [5.41, 5.74) is 6.14. The Hall–Kier alpha value is -1.11. The van der Waals surface area contributed by atoms with E-state index < -0.39 is 10.0 Å². The van der Waals surface area contributed by atoms with Crippen LogP contribution in [0.5, 0.6) is 0 Å². The van der Waals surface area contributed by atoms with Crippen molar-refractivity contribution in [3.63, 3.8) is 0 Å². The second kappa shape index (κ2) is 7.47. The first kappa shape index (κ1) is 15.9. The predicted molar refractivity (Wildman–Crippen MR) is 78.4 cm³/mol. The Labute approximate surface area is 115 Å². The second-order valence-electron chi connectivity index (χ2n) is 4.65. The van der Waals surface area contributed by atoms with Crippen molar-refractivity contribution in [1.82, 2.24) is 0 Å². The van der Waals surface area contributed by atoms with Crippen molar-refractivity contribution in [1.29, 1.82) is 0 Å². The monoisotopic (exact) mass is 285 g/mol. The molecule has 0 aromatic heterocycles. The van der Waals surface area contributed by atoms with Gasteiger partial charge in [0.2, 0.25) is 10.0 Å². The number of rotatable bonds is 8. The van der Waals surface area contributed by atoms with Crippen molar-refractivity contribution in [3.05, 3.63) is 24.3 Å². The highest BCUT2D eigenvalue weighted by Gasteiger charge is 2.14. The Morgan fingerprint density at radius 1 is 1.26 bits per heavy atom. The van der Waals surface area contributed by atoms with Crippen LogP contribution in [0.3, 0.4) is 0 Å². The van der Waals surface area contributed by atoms with E-state index in [-0.39, 0.29) is 4.90 Å². The summed E-state index contributed by atoms with van der Waals surface area (Å²) in [5, 5.41) is 8.37. The molecular weight excluding hydrogens is 262 g/mol. The van der Waals surface area contributed by atoms with Crippen LogP contribution in [0.2, 0.25) is 0 Å². The third-order valence-electron chi connectivity index (χ3n) is 3.05. The lowest BCUT2D eigenvalue weighted by atomic mass is 10.00. The zero-order chi connectivity index (χ0) is 14.3. The number of sulfonamides is 1. The minimum Gasteiger partial charge on any atom is -0.384 e. The summed E-state index contributed by atoms with van der Waals surface area (Å²) in [6.45, 7) is 3.47. The highest BCUT2D eigenvalue weighted by Crippen LogP contribution is 2.20. The molecule has 1 rings (SSSR count). The third kappa shape index (κ3) is 5.18. The molecule has 1 aromatic rings. The molecule has 0 saturated heterocycles. The Kier molecular flexibility index (Phi) is 6.27. The first-order valence-electron chi connectivity index (χ1n) is 6.54. The lowest BCUT2D eigenvalue weighted by Gasteiger charge is -2.18. The maximum atomic E-state index is 11.5. The molecule has 6 heteroatoms. The van der Waals surface area contributed by atoms with Crippen LogP contribution in [0, 0.1) is 5.92 Å². The zero-order valence-corrected chi connectivity index (χ0v) is 12.1. The predicted octanol–water partition coefficient (Wildman–Crippen LogP) is 1.51. The van der Waals surface area contributed by atoms with E-state index in [1.807, 2.05) is 0 Å². The summed E-state index contributed by atoms with van der Waals surface area (Å²) in [4.78, 5) is 0.137. The fourth-order valence-electron chi connectivity index (χ4n) is 2.11. The maximum absolute atomic E-state index is 11.5. The topological polar surface area (TPSA) is 98.2 Å². The summed E-state index contributed by atoms with van der Waals surface area (Å²) in [7, 11) is -3.69. The van der Waals surface area contributed by atoms with Gasteiger partial charge in [0.05, 0.1) is 5.69 Å². The Balaban J connectivity index is 2.77. The van der Waals surface area contributed by atoms with E-state index >= 15 is 0 Å². The van der Waals surface area contributed by atoms with Crippen LogP contribution in [0.15, 0.2) is 29.2 Å². The molecule has 5 nitrogen and oxygen atoms in total. The SMILES string of the molecule is CCCC(CCN)CNc1ccccc1S(N)(=O)=O. The molecule has 0 spiro atoms. The van der Waals surface area contributed by atoms with Crippen LogP contribution in [-0.4, -0.2) is 21.5 Å². The largest absolute Gasteiger partial charge is 0.384 e. The molecule has 0 aliphatic carbocycles. The lowest BCUT2D eigenvalue weighted by Crippen LogP contribution is -2.20. The van der Waals surface area contributed by atoms with Crippen molar-refractivity contribution < 1.29 is 8.42 Å².